The Labute approximate surface area is 300 Å². The third-order valence-electron chi connectivity index (χ3n) is 7.65. The maximum atomic E-state index is 12.7. The van der Waals surface area contributed by atoms with Crippen LogP contribution in [0.25, 0.3) is 0 Å². The normalized spacial score (nSPS) is 15.5. The van der Waals surface area contributed by atoms with Crippen LogP contribution in [0.3, 0.4) is 0 Å². The van der Waals surface area contributed by atoms with Gasteiger partial charge in [-0.15, -0.1) is 0 Å². The van der Waals surface area contributed by atoms with E-state index in [2.05, 4.69) is 79.9 Å². The van der Waals surface area contributed by atoms with Gasteiger partial charge >= 0.3 is 0 Å². The Kier molecular flexibility index (Phi) is 30.5. The summed E-state index contributed by atoms with van der Waals surface area (Å²) in [5, 5.41) is 13.6. The summed E-state index contributed by atoms with van der Waals surface area (Å²) >= 11 is 0. The predicted octanol–water partition coefficient (Wildman–Crippen LogP) is 9.05. The van der Waals surface area contributed by atoms with Gasteiger partial charge in [0, 0.05) is 6.42 Å². The number of amides is 1. The van der Waals surface area contributed by atoms with Gasteiger partial charge in [0.15, 0.2) is 0 Å². The summed E-state index contributed by atoms with van der Waals surface area (Å²) in [5.41, 5.74) is 0. The van der Waals surface area contributed by atoms with Crippen molar-refractivity contribution in [2.24, 2.45) is 0 Å². The van der Waals surface area contributed by atoms with Crippen LogP contribution in [0.1, 0.15) is 123 Å². The van der Waals surface area contributed by atoms with Gasteiger partial charge in [0.2, 0.25) is 5.91 Å². The Morgan fingerprint density at radius 2 is 1.27 bits per heavy atom. The van der Waals surface area contributed by atoms with Gasteiger partial charge in [0.25, 0.3) is 7.82 Å². The van der Waals surface area contributed by atoms with Crippen LogP contribution in [-0.4, -0.2) is 68.5 Å². The zero-order valence-corrected chi connectivity index (χ0v) is 32.5. The number of hydrogen-bond donors (Lipinski definition) is 2. The van der Waals surface area contributed by atoms with Crippen molar-refractivity contribution < 1.29 is 32.9 Å². The monoisotopic (exact) mass is 707 g/mol. The zero-order chi connectivity index (χ0) is 36.5. The molecule has 0 spiro atoms. The lowest BCUT2D eigenvalue weighted by atomic mass is 10.1. The van der Waals surface area contributed by atoms with E-state index < -0.39 is 26.6 Å². The number of unbranched alkanes of at least 4 members (excludes halogenated alkanes) is 9. The van der Waals surface area contributed by atoms with E-state index >= 15 is 0 Å². The Morgan fingerprint density at radius 3 is 1.90 bits per heavy atom. The van der Waals surface area contributed by atoms with E-state index in [-0.39, 0.29) is 18.9 Å². The number of aliphatic hydroxyl groups is 1. The van der Waals surface area contributed by atoms with Crippen LogP contribution in [0.2, 0.25) is 0 Å². The Bertz CT molecular complexity index is 1030. The molecule has 2 N–H and O–H groups in total. The van der Waals surface area contributed by atoms with Crippen LogP contribution in [-0.2, 0) is 18.4 Å². The first-order valence-electron chi connectivity index (χ1n) is 18.8. The van der Waals surface area contributed by atoms with E-state index in [0.29, 0.717) is 17.4 Å². The molecule has 0 aliphatic rings. The number of nitrogens with zero attached hydrogens (tertiary/aromatic N) is 1. The highest BCUT2D eigenvalue weighted by Gasteiger charge is 2.23. The van der Waals surface area contributed by atoms with E-state index in [1.165, 1.54) is 38.5 Å². The topological polar surface area (TPSA) is 108 Å². The number of likely N-dealkylation sites (N-methyl/N-ethyl adjacent to an activating group) is 1. The molecule has 0 radical (unpaired) electrons. The van der Waals surface area contributed by atoms with E-state index in [4.69, 9.17) is 9.05 Å². The molecule has 1 amide bonds. The molecule has 9 heteroatoms. The number of nitrogens with one attached hydrogen (secondary N) is 1. The van der Waals surface area contributed by atoms with Crippen molar-refractivity contribution in [2.45, 2.75) is 135 Å². The van der Waals surface area contributed by atoms with Gasteiger partial charge in [-0.25, -0.2) is 0 Å². The van der Waals surface area contributed by atoms with Gasteiger partial charge in [0.05, 0.1) is 39.9 Å². The van der Waals surface area contributed by atoms with Gasteiger partial charge in [-0.3, -0.25) is 9.36 Å². The Hall–Kier alpha value is -2.06. The van der Waals surface area contributed by atoms with Gasteiger partial charge < -0.3 is 28.8 Å². The second kappa shape index (κ2) is 31.9. The third kappa shape index (κ3) is 34.2. The van der Waals surface area contributed by atoms with Crippen molar-refractivity contribution in [3.05, 3.63) is 72.9 Å². The van der Waals surface area contributed by atoms with Crippen LogP contribution >= 0.6 is 7.82 Å². The van der Waals surface area contributed by atoms with E-state index in [0.717, 1.165) is 57.8 Å². The second-order valence-electron chi connectivity index (χ2n) is 13.5. The highest BCUT2D eigenvalue weighted by atomic mass is 31.2. The standard InChI is InChI=1S/C40H71N2O6P/c1-6-8-10-12-14-16-18-20-21-22-24-26-28-30-32-34-40(44)41-38(37-48-49(45,46)47-36-35-42(3,4)5)39(43)33-31-29-27-25-23-19-17-15-13-11-9-7-2/h8,10,14,16,20-21,23-26,31,33,38-39,43H,6-7,9,11-13,15,17-19,22,27-30,32,34-37H2,1-5H3,(H-,41,44,45,46)/b10-8-,16-14-,21-20-,25-23+,26-24-,33-31+. The first kappa shape index (κ1) is 46.9. The summed E-state index contributed by atoms with van der Waals surface area (Å²) in [6.07, 6.45) is 40.9. The number of phosphoric ester groups is 1. The summed E-state index contributed by atoms with van der Waals surface area (Å²) in [6, 6.07) is -0.925. The van der Waals surface area contributed by atoms with Gasteiger partial charge in [-0.05, 0) is 70.6 Å². The lowest BCUT2D eigenvalue weighted by molar-refractivity contribution is -0.870. The number of allylic oxidation sites excluding steroid dienone is 11. The fourth-order valence-electron chi connectivity index (χ4n) is 4.63. The highest BCUT2D eigenvalue weighted by Crippen LogP contribution is 2.38. The SMILES string of the molecule is CC/C=C\C/C=C\C/C=C\C/C=C\CCCCC(=O)NC(COP(=O)([O-])OCC[N+](C)(C)C)C(O)/C=C/CC/C=C/CCCCCCCC. The first-order valence-corrected chi connectivity index (χ1v) is 20.3. The quantitative estimate of drug-likeness (QED) is 0.0313. The number of carbonyl (C=O) groups is 1. The van der Waals surface area contributed by atoms with Gasteiger partial charge in [-0.1, -0.05) is 119 Å². The number of rotatable bonds is 32. The molecule has 0 saturated heterocycles. The minimum atomic E-state index is -4.60. The fourth-order valence-corrected chi connectivity index (χ4v) is 5.35. The summed E-state index contributed by atoms with van der Waals surface area (Å²) in [6.45, 7) is 4.41. The summed E-state index contributed by atoms with van der Waals surface area (Å²) < 4.78 is 23.0. The molecule has 8 nitrogen and oxygen atoms in total. The predicted molar refractivity (Wildman–Crippen MR) is 205 cm³/mol. The number of hydrogen-bond acceptors (Lipinski definition) is 6. The summed E-state index contributed by atoms with van der Waals surface area (Å²) in [7, 11) is 1.20. The van der Waals surface area contributed by atoms with Crippen molar-refractivity contribution in [3.63, 3.8) is 0 Å². The maximum Gasteiger partial charge on any atom is 0.268 e. The largest absolute Gasteiger partial charge is 0.756 e. The molecule has 0 aromatic rings. The molecule has 0 aromatic heterocycles. The molecule has 282 valence electrons. The zero-order valence-electron chi connectivity index (χ0n) is 31.6. The number of quaternary nitrogens is 1. The molecular weight excluding hydrogens is 635 g/mol. The van der Waals surface area contributed by atoms with Crippen molar-refractivity contribution in [3.8, 4) is 0 Å². The Morgan fingerprint density at radius 1 is 0.735 bits per heavy atom. The van der Waals surface area contributed by atoms with Gasteiger partial charge in [0.1, 0.15) is 13.2 Å². The Balaban J connectivity index is 4.70. The van der Waals surface area contributed by atoms with Crippen molar-refractivity contribution >= 4 is 13.7 Å². The van der Waals surface area contributed by atoms with Crippen LogP contribution < -0.4 is 10.2 Å². The second-order valence-corrected chi connectivity index (χ2v) is 14.9. The third-order valence-corrected chi connectivity index (χ3v) is 8.61. The first-order chi connectivity index (χ1) is 23.5. The molecule has 0 aliphatic carbocycles. The molecule has 0 rings (SSSR count). The van der Waals surface area contributed by atoms with Crippen molar-refractivity contribution in [1.82, 2.24) is 5.32 Å². The van der Waals surface area contributed by atoms with E-state index in [1.54, 1.807) is 6.08 Å². The molecule has 3 atom stereocenters. The van der Waals surface area contributed by atoms with Crippen molar-refractivity contribution in [1.29, 1.82) is 0 Å². The molecule has 3 unspecified atom stereocenters. The molecular formula is C40H71N2O6P. The molecule has 0 saturated carbocycles. The van der Waals surface area contributed by atoms with Crippen LogP contribution in [0, 0.1) is 0 Å². The molecule has 49 heavy (non-hydrogen) atoms. The van der Waals surface area contributed by atoms with Crippen LogP contribution in [0.4, 0.5) is 0 Å². The fraction of sp³-hybridized carbons (Fsp3) is 0.675. The lowest BCUT2D eigenvalue weighted by Gasteiger charge is -2.29. The average molecular weight is 707 g/mol. The van der Waals surface area contributed by atoms with Crippen LogP contribution in [0.15, 0.2) is 72.9 Å². The lowest BCUT2D eigenvalue weighted by Crippen LogP contribution is -2.45. The maximum absolute atomic E-state index is 12.7. The summed E-state index contributed by atoms with van der Waals surface area (Å²) in [4.78, 5) is 25.1. The molecule has 0 aromatic carbocycles. The van der Waals surface area contributed by atoms with Gasteiger partial charge in [-0.2, -0.15) is 0 Å². The average Bonchev–Trinajstić information content (AvgIpc) is 3.04. The molecule has 0 heterocycles. The van der Waals surface area contributed by atoms with Crippen molar-refractivity contribution in [2.75, 3.05) is 40.9 Å². The summed E-state index contributed by atoms with van der Waals surface area (Å²) in [5.74, 6) is -0.254. The highest BCUT2D eigenvalue weighted by molar-refractivity contribution is 7.45. The van der Waals surface area contributed by atoms with E-state index in [9.17, 15) is 19.4 Å². The number of carbonyl (C=O) groups excluding carboxylic acids is 1. The minimum absolute atomic E-state index is 0.0184. The number of phosphoric acid groups is 1. The van der Waals surface area contributed by atoms with E-state index in [1.807, 2.05) is 27.2 Å². The molecule has 0 aliphatic heterocycles. The molecule has 0 bridgehead atoms. The van der Waals surface area contributed by atoms with Crippen LogP contribution in [0.5, 0.6) is 0 Å². The molecule has 0 fully saturated rings. The number of aliphatic hydroxyl groups excluding tert-OH is 1. The smallest absolute Gasteiger partial charge is 0.268 e. The minimum Gasteiger partial charge on any atom is -0.756 e.